The number of carbonyl (C=O) groups is 1. The molecule has 3 aliphatic carbocycles. The number of carbonyl (C=O) groups excluding carboxylic acids is 1. The summed E-state index contributed by atoms with van der Waals surface area (Å²) in [5.41, 5.74) is 1.44. The average Bonchev–Trinajstić information content (AvgIpc) is 3.62. The summed E-state index contributed by atoms with van der Waals surface area (Å²) in [6, 6.07) is 11.0. The number of piperidine rings is 1. The minimum atomic E-state index is -0.951. The largest absolute Gasteiger partial charge is 0.504 e. The summed E-state index contributed by atoms with van der Waals surface area (Å²) < 4.78 is 6.60. The number of aromatic hydroxyl groups is 1. The molecule has 2 N–H and O–H groups in total. The summed E-state index contributed by atoms with van der Waals surface area (Å²) in [5, 5.41) is 24.0. The van der Waals surface area contributed by atoms with Crippen molar-refractivity contribution in [1.82, 2.24) is 9.80 Å². The molecule has 0 unspecified atom stereocenters. The monoisotopic (exact) mass is 520 g/mol. The van der Waals surface area contributed by atoms with Crippen molar-refractivity contribution in [3.8, 4) is 11.5 Å². The first-order chi connectivity index (χ1) is 17.8. The van der Waals surface area contributed by atoms with E-state index in [0.717, 1.165) is 43.0 Å². The number of nitrogens with zero attached hydrogens (tertiary/aromatic N) is 2. The molecule has 0 radical (unpaired) electrons. The Balaban J connectivity index is 1.25. The number of halogens is 1. The van der Waals surface area contributed by atoms with Crippen LogP contribution in [0.2, 0.25) is 5.02 Å². The Labute approximate surface area is 222 Å². The summed E-state index contributed by atoms with van der Waals surface area (Å²) in [5.74, 6) is 1.26. The number of hydrogen-bond acceptors (Lipinski definition) is 5. The van der Waals surface area contributed by atoms with Gasteiger partial charge in [-0.25, -0.2) is 0 Å². The normalized spacial score (nSPS) is 33.8. The Kier molecular flexibility index (Phi) is 5.24. The molecule has 2 aromatic rings. The van der Waals surface area contributed by atoms with Crippen molar-refractivity contribution in [3.63, 3.8) is 0 Å². The van der Waals surface area contributed by atoms with Gasteiger partial charge in [0.25, 0.3) is 0 Å². The highest BCUT2D eigenvalue weighted by atomic mass is 35.5. The first-order valence-electron chi connectivity index (χ1n) is 13.5. The predicted molar refractivity (Wildman–Crippen MR) is 142 cm³/mol. The number of benzene rings is 2. The Morgan fingerprint density at radius 1 is 1.24 bits per heavy atom. The number of aliphatic hydroxyl groups is 1. The number of likely N-dealkylation sites (N-methyl/N-ethyl adjacent to an activating group) is 1. The van der Waals surface area contributed by atoms with Crippen molar-refractivity contribution in [3.05, 3.63) is 64.2 Å². The summed E-state index contributed by atoms with van der Waals surface area (Å²) in [4.78, 5) is 17.6. The van der Waals surface area contributed by atoms with Gasteiger partial charge in [0.2, 0.25) is 5.91 Å². The standard InChI is InChI=1S/C30H33ClN2O4/c1-32(25(35)10-7-18-3-2-4-21(31)15-18)22-11-12-30(36)24-16-20-8-9-23(34)27-26(20)29(30,28(22)37-27)13-14-33(24)17-19-5-6-19/h2-4,7-10,15,19,22,24,28,34,36H,5-6,11-14,16-17H2,1H3/t22-,24+,28-,29-,30+/m0/s1. The maximum absolute atomic E-state index is 13.4. The first-order valence-corrected chi connectivity index (χ1v) is 13.9. The molecule has 5 aliphatic rings. The minimum Gasteiger partial charge on any atom is -0.504 e. The molecule has 3 fully saturated rings. The second kappa shape index (κ2) is 8.23. The number of phenols is 1. The number of amides is 1. The predicted octanol–water partition coefficient (Wildman–Crippen LogP) is 4.15. The smallest absolute Gasteiger partial charge is 0.246 e. The number of phenolic OH excluding ortho intramolecular Hbond substituents is 1. The van der Waals surface area contributed by atoms with Crippen LogP contribution in [0, 0.1) is 5.92 Å². The molecule has 194 valence electrons. The van der Waals surface area contributed by atoms with Crippen molar-refractivity contribution in [1.29, 1.82) is 0 Å². The molecule has 2 aromatic carbocycles. The van der Waals surface area contributed by atoms with E-state index in [0.29, 0.717) is 23.6 Å². The van der Waals surface area contributed by atoms with Gasteiger partial charge in [-0.1, -0.05) is 29.8 Å². The third-order valence-electron chi connectivity index (χ3n) is 9.84. The highest BCUT2D eigenvalue weighted by Gasteiger charge is 2.73. The molecule has 6 nitrogen and oxygen atoms in total. The molecule has 1 saturated heterocycles. The lowest BCUT2D eigenvalue weighted by Gasteiger charge is -2.64. The Hall–Kier alpha value is -2.54. The van der Waals surface area contributed by atoms with Crippen molar-refractivity contribution in [2.75, 3.05) is 20.1 Å². The van der Waals surface area contributed by atoms with Gasteiger partial charge in [0.15, 0.2) is 11.5 Å². The van der Waals surface area contributed by atoms with Crippen LogP contribution in [0.4, 0.5) is 0 Å². The summed E-state index contributed by atoms with van der Waals surface area (Å²) >= 11 is 6.10. The number of rotatable bonds is 5. The molecule has 2 bridgehead atoms. The van der Waals surface area contributed by atoms with Gasteiger partial charge in [-0.15, -0.1) is 0 Å². The van der Waals surface area contributed by atoms with Gasteiger partial charge in [0, 0.05) is 36.3 Å². The van der Waals surface area contributed by atoms with E-state index in [1.54, 1.807) is 23.1 Å². The van der Waals surface area contributed by atoms with Gasteiger partial charge in [0.1, 0.15) is 6.10 Å². The second-order valence-corrected chi connectivity index (χ2v) is 12.2. The van der Waals surface area contributed by atoms with Crippen LogP contribution in [0.3, 0.4) is 0 Å². The van der Waals surface area contributed by atoms with E-state index in [-0.39, 0.29) is 23.7 Å². The van der Waals surface area contributed by atoms with Crippen LogP contribution in [-0.2, 0) is 16.6 Å². The lowest BCUT2D eigenvalue weighted by molar-refractivity contribution is -0.200. The van der Waals surface area contributed by atoms with Crippen LogP contribution in [0.25, 0.3) is 6.08 Å². The minimum absolute atomic E-state index is 0.0284. The van der Waals surface area contributed by atoms with E-state index < -0.39 is 17.1 Å². The molecule has 7 heteroatoms. The molecule has 1 spiro atoms. The first kappa shape index (κ1) is 23.6. The zero-order valence-corrected chi connectivity index (χ0v) is 21.8. The van der Waals surface area contributed by atoms with E-state index in [1.807, 2.05) is 37.4 Å². The van der Waals surface area contributed by atoms with E-state index in [4.69, 9.17) is 16.3 Å². The molecular weight excluding hydrogens is 488 g/mol. The topological polar surface area (TPSA) is 73.2 Å². The summed E-state index contributed by atoms with van der Waals surface area (Å²) in [6.07, 6.45) is 8.30. The van der Waals surface area contributed by atoms with E-state index >= 15 is 0 Å². The third kappa shape index (κ3) is 3.35. The highest BCUT2D eigenvalue weighted by molar-refractivity contribution is 6.30. The molecule has 2 saturated carbocycles. The van der Waals surface area contributed by atoms with Gasteiger partial charge in [-0.05, 0) is 86.4 Å². The maximum Gasteiger partial charge on any atom is 0.246 e. The molecule has 0 aromatic heterocycles. The maximum atomic E-state index is 13.4. The van der Waals surface area contributed by atoms with Crippen LogP contribution in [-0.4, -0.2) is 69.8 Å². The van der Waals surface area contributed by atoms with Crippen molar-refractivity contribution in [2.24, 2.45) is 5.92 Å². The Morgan fingerprint density at radius 3 is 2.86 bits per heavy atom. The number of likely N-dealkylation sites (tertiary alicyclic amines) is 1. The molecule has 2 heterocycles. The van der Waals surface area contributed by atoms with Crippen molar-refractivity contribution < 1.29 is 19.7 Å². The molecule has 2 aliphatic heterocycles. The molecule has 7 rings (SSSR count). The summed E-state index contributed by atoms with van der Waals surface area (Å²) in [7, 11) is 1.83. The van der Waals surface area contributed by atoms with Crippen LogP contribution in [0.1, 0.15) is 48.8 Å². The number of hydrogen-bond donors (Lipinski definition) is 2. The SMILES string of the molecule is CN(C(=O)C=Cc1cccc(Cl)c1)[C@H]1CC[C@@]2(O)[C@H]3Cc4ccc(O)c5c4[C@@]2(CCN3CC2CC2)[C@H]1O5. The van der Waals surface area contributed by atoms with Crippen LogP contribution >= 0.6 is 11.6 Å². The Bertz CT molecular complexity index is 1310. The third-order valence-corrected chi connectivity index (χ3v) is 10.1. The summed E-state index contributed by atoms with van der Waals surface area (Å²) in [6.45, 7) is 1.95. The molecule has 5 atom stereocenters. The van der Waals surface area contributed by atoms with E-state index in [9.17, 15) is 15.0 Å². The van der Waals surface area contributed by atoms with E-state index in [2.05, 4.69) is 4.90 Å². The molecule has 37 heavy (non-hydrogen) atoms. The highest BCUT2D eigenvalue weighted by Crippen LogP contribution is 2.66. The Morgan fingerprint density at radius 2 is 2.08 bits per heavy atom. The fourth-order valence-corrected chi connectivity index (χ4v) is 8.11. The van der Waals surface area contributed by atoms with Gasteiger partial charge in [0.05, 0.1) is 17.1 Å². The van der Waals surface area contributed by atoms with Crippen molar-refractivity contribution in [2.45, 2.75) is 67.7 Å². The number of ether oxygens (including phenoxy) is 1. The fraction of sp³-hybridized carbons (Fsp3) is 0.500. The van der Waals surface area contributed by atoms with Crippen LogP contribution in [0.15, 0.2) is 42.5 Å². The van der Waals surface area contributed by atoms with Gasteiger partial charge < -0.3 is 19.8 Å². The van der Waals surface area contributed by atoms with Gasteiger partial charge >= 0.3 is 0 Å². The zero-order chi connectivity index (χ0) is 25.5. The van der Waals surface area contributed by atoms with Crippen LogP contribution in [0.5, 0.6) is 11.5 Å². The van der Waals surface area contributed by atoms with Gasteiger partial charge in [-0.2, -0.15) is 0 Å². The molecule has 1 amide bonds. The fourth-order valence-electron chi connectivity index (χ4n) is 7.91. The van der Waals surface area contributed by atoms with E-state index in [1.165, 1.54) is 18.4 Å². The lowest BCUT2D eigenvalue weighted by Crippen LogP contribution is -2.78. The average molecular weight is 521 g/mol. The lowest BCUT2D eigenvalue weighted by atomic mass is 9.48. The van der Waals surface area contributed by atoms with Gasteiger partial charge in [-0.3, -0.25) is 9.69 Å². The van der Waals surface area contributed by atoms with Crippen LogP contribution < -0.4 is 4.74 Å². The molecular formula is C30H33ClN2O4. The zero-order valence-electron chi connectivity index (χ0n) is 21.1. The van der Waals surface area contributed by atoms with Crippen molar-refractivity contribution >= 4 is 23.6 Å². The quantitative estimate of drug-likeness (QED) is 0.579. The second-order valence-electron chi connectivity index (χ2n) is 11.7.